The number of hydrogen-bond donors (Lipinski definition) is 3. The topological polar surface area (TPSA) is 79.5 Å². The van der Waals surface area contributed by atoms with Crippen molar-refractivity contribution in [1.82, 2.24) is 16.2 Å². The number of halogens is 1. The summed E-state index contributed by atoms with van der Waals surface area (Å²) in [5.41, 5.74) is 6.32. The maximum absolute atomic E-state index is 12.0. The molecule has 0 heterocycles. The number of carbonyl (C=O) groups is 2. The Hall–Kier alpha value is -2.64. The number of ether oxygens (including phenoxy) is 1. The quantitative estimate of drug-likeness (QED) is 0.523. The standard InChI is InChI=1S/C20H22ClN3O3S/c1-20(2,3)13-8-10-14(11-9-13)27-12-17(25)22-19(28)24-23-18(26)15-6-4-5-7-16(15)21/h4-11H,12H2,1-3H3,(H,23,26)(H2,22,24,25,28). The van der Waals surface area contributed by atoms with E-state index in [0.717, 1.165) is 0 Å². The second kappa shape index (κ2) is 9.52. The predicted octanol–water partition coefficient (Wildman–Crippen LogP) is 3.35. The highest BCUT2D eigenvalue weighted by Crippen LogP contribution is 2.24. The normalized spacial score (nSPS) is 10.7. The number of benzene rings is 2. The van der Waals surface area contributed by atoms with Crippen molar-refractivity contribution >= 4 is 40.7 Å². The fourth-order valence-electron chi connectivity index (χ4n) is 2.22. The van der Waals surface area contributed by atoms with Crippen LogP contribution < -0.4 is 20.9 Å². The van der Waals surface area contributed by atoms with Crippen LogP contribution in [0.2, 0.25) is 5.02 Å². The highest BCUT2D eigenvalue weighted by atomic mass is 35.5. The van der Waals surface area contributed by atoms with Crippen LogP contribution in [0.5, 0.6) is 5.75 Å². The van der Waals surface area contributed by atoms with Crippen LogP contribution in [0.3, 0.4) is 0 Å². The highest BCUT2D eigenvalue weighted by Gasteiger charge is 2.14. The molecule has 8 heteroatoms. The van der Waals surface area contributed by atoms with Gasteiger partial charge in [0.15, 0.2) is 11.7 Å². The second-order valence-electron chi connectivity index (χ2n) is 7.00. The fraction of sp³-hybridized carbons (Fsp3) is 0.250. The van der Waals surface area contributed by atoms with Crippen LogP contribution in [0, 0.1) is 0 Å². The molecule has 3 N–H and O–H groups in total. The molecular formula is C20H22ClN3O3S. The van der Waals surface area contributed by atoms with Gasteiger partial charge in [0.2, 0.25) is 0 Å². The van der Waals surface area contributed by atoms with E-state index in [1.807, 2.05) is 24.3 Å². The van der Waals surface area contributed by atoms with E-state index in [1.54, 1.807) is 24.3 Å². The molecule has 0 fully saturated rings. The zero-order chi connectivity index (χ0) is 20.7. The number of hydrogen-bond acceptors (Lipinski definition) is 4. The van der Waals surface area contributed by atoms with Crippen molar-refractivity contribution in [3.8, 4) is 5.75 Å². The van der Waals surface area contributed by atoms with Crippen molar-refractivity contribution in [3.05, 3.63) is 64.7 Å². The minimum Gasteiger partial charge on any atom is -0.484 e. The van der Waals surface area contributed by atoms with Crippen LogP contribution in [-0.2, 0) is 10.2 Å². The highest BCUT2D eigenvalue weighted by molar-refractivity contribution is 7.80. The SMILES string of the molecule is CC(C)(C)c1ccc(OCC(=O)NC(=S)NNC(=O)c2ccccc2Cl)cc1. The molecule has 0 saturated heterocycles. The Kier molecular flexibility index (Phi) is 7.37. The summed E-state index contributed by atoms with van der Waals surface area (Å²) >= 11 is 10.9. The monoisotopic (exact) mass is 419 g/mol. The first-order valence-corrected chi connectivity index (χ1v) is 9.33. The molecule has 148 valence electrons. The molecule has 28 heavy (non-hydrogen) atoms. The summed E-state index contributed by atoms with van der Waals surface area (Å²) in [7, 11) is 0. The van der Waals surface area contributed by atoms with E-state index in [2.05, 4.69) is 36.9 Å². The zero-order valence-electron chi connectivity index (χ0n) is 15.8. The minimum atomic E-state index is -0.475. The van der Waals surface area contributed by atoms with Gasteiger partial charge in [0, 0.05) is 0 Å². The van der Waals surface area contributed by atoms with E-state index >= 15 is 0 Å². The number of rotatable bonds is 4. The molecule has 2 aromatic rings. The average molecular weight is 420 g/mol. The summed E-state index contributed by atoms with van der Waals surface area (Å²) in [6.45, 7) is 6.15. The molecule has 2 rings (SSSR count). The summed E-state index contributed by atoms with van der Waals surface area (Å²) in [5, 5.41) is 2.67. The maximum Gasteiger partial charge on any atom is 0.271 e. The molecule has 0 spiro atoms. The van der Waals surface area contributed by atoms with E-state index in [4.69, 9.17) is 28.6 Å². The molecular weight excluding hydrogens is 398 g/mol. The van der Waals surface area contributed by atoms with Crippen LogP contribution in [0.15, 0.2) is 48.5 Å². The van der Waals surface area contributed by atoms with Gasteiger partial charge in [-0.25, -0.2) is 0 Å². The summed E-state index contributed by atoms with van der Waals surface area (Å²) < 4.78 is 5.44. The van der Waals surface area contributed by atoms with E-state index in [9.17, 15) is 9.59 Å². The third kappa shape index (κ3) is 6.51. The smallest absolute Gasteiger partial charge is 0.271 e. The maximum atomic E-state index is 12.0. The van der Waals surface area contributed by atoms with Crippen molar-refractivity contribution in [2.45, 2.75) is 26.2 Å². The summed E-state index contributed by atoms with van der Waals surface area (Å²) in [6.07, 6.45) is 0. The van der Waals surface area contributed by atoms with Crippen molar-refractivity contribution < 1.29 is 14.3 Å². The molecule has 0 bridgehead atoms. The van der Waals surface area contributed by atoms with E-state index in [0.29, 0.717) is 10.8 Å². The molecule has 0 saturated carbocycles. The van der Waals surface area contributed by atoms with Gasteiger partial charge in [0.1, 0.15) is 5.75 Å². The van der Waals surface area contributed by atoms with Gasteiger partial charge in [-0.1, -0.05) is 56.6 Å². The first-order chi connectivity index (χ1) is 13.2. The summed E-state index contributed by atoms with van der Waals surface area (Å²) in [6, 6.07) is 14.1. The van der Waals surface area contributed by atoms with Crippen molar-refractivity contribution in [2.24, 2.45) is 0 Å². The average Bonchev–Trinajstić information content (AvgIpc) is 2.64. The van der Waals surface area contributed by atoms with Crippen LogP contribution in [0.25, 0.3) is 0 Å². The molecule has 0 aliphatic heterocycles. The molecule has 2 amide bonds. The Bertz CT molecular complexity index is 864. The first-order valence-electron chi connectivity index (χ1n) is 8.55. The van der Waals surface area contributed by atoms with Crippen molar-refractivity contribution in [1.29, 1.82) is 0 Å². The number of nitrogens with one attached hydrogen (secondary N) is 3. The minimum absolute atomic E-state index is 0.0438. The Morgan fingerprint density at radius 2 is 1.68 bits per heavy atom. The van der Waals surface area contributed by atoms with Crippen LogP contribution in [0.1, 0.15) is 36.7 Å². The number of amides is 2. The van der Waals surface area contributed by atoms with Gasteiger partial charge in [-0.2, -0.15) is 0 Å². The molecule has 2 aromatic carbocycles. The van der Waals surface area contributed by atoms with E-state index in [1.165, 1.54) is 5.56 Å². The molecule has 6 nitrogen and oxygen atoms in total. The number of hydrazine groups is 1. The lowest BCUT2D eigenvalue weighted by molar-refractivity contribution is -0.121. The van der Waals surface area contributed by atoms with Gasteiger partial charge in [-0.05, 0) is 47.5 Å². The van der Waals surface area contributed by atoms with Gasteiger partial charge in [0.05, 0.1) is 10.6 Å². The Balaban J connectivity index is 1.76. The van der Waals surface area contributed by atoms with Crippen LogP contribution >= 0.6 is 23.8 Å². The van der Waals surface area contributed by atoms with Crippen molar-refractivity contribution in [2.75, 3.05) is 6.61 Å². The molecule has 0 aliphatic rings. The molecule has 0 aromatic heterocycles. The first kappa shape index (κ1) is 21.7. The third-order valence-electron chi connectivity index (χ3n) is 3.75. The molecule has 0 unspecified atom stereocenters. The lowest BCUT2D eigenvalue weighted by Crippen LogP contribution is -2.49. The summed E-state index contributed by atoms with van der Waals surface area (Å²) in [5.74, 6) is -0.351. The van der Waals surface area contributed by atoms with Crippen LogP contribution in [-0.4, -0.2) is 23.5 Å². The second-order valence-corrected chi connectivity index (χ2v) is 7.81. The fourth-order valence-corrected chi connectivity index (χ4v) is 2.61. The number of carbonyl (C=O) groups excluding carboxylic acids is 2. The van der Waals surface area contributed by atoms with Crippen molar-refractivity contribution in [3.63, 3.8) is 0 Å². The lowest BCUT2D eigenvalue weighted by Gasteiger charge is -2.19. The molecule has 0 radical (unpaired) electrons. The molecule has 0 aliphatic carbocycles. The Labute approximate surface area is 174 Å². The van der Waals surface area contributed by atoms with E-state index in [-0.39, 0.29) is 22.7 Å². The zero-order valence-corrected chi connectivity index (χ0v) is 17.4. The number of thiocarbonyl (C=S) groups is 1. The largest absolute Gasteiger partial charge is 0.484 e. The Morgan fingerprint density at radius 3 is 2.29 bits per heavy atom. The van der Waals surface area contributed by atoms with E-state index < -0.39 is 11.8 Å². The molecule has 0 atom stereocenters. The van der Waals surface area contributed by atoms with Gasteiger partial charge < -0.3 is 4.74 Å². The van der Waals surface area contributed by atoms with Gasteiger partial charge >= 0.3 is 0 Å². The Morgan fingerprint density at radius 1 is 1.04 bits per heavy atom. The van der Waals surface area contributed by atoms with Crippen LogP contribution in [0.4, 0.5) is 0 Å². The van der Waals surface area contributed by atoms with Gasteiger partial charge in [-0.15, -0.1) is 0 Å². The summed E-state index contributed by atoms with van der Waals surface area (Å²) in [4.78, 5) is 23.9. The van der Waals surface area contributed by atoms with Gasteiger partial charge in [0.25, 0.3) is 11.8 Å². The third-order valence-corrected chi connectivity index (χ3v) is 4.28. The van der Waals surface area contributed by atoms with Gasteiger partial charge in [-0.3, -0.25) is 25.8 Å². The predicted molar refractivity (Wildman–Crippen MR) is 113 cm³/mol. The lowest BCUT2D eigenvalue weighted by atomic mass is 9.87.